The lowest BCUT2D eigenvalue weighted by Crippen LogP contribution is -2.44. The zero-order chi connectivity index (χ0) is 18.6. The quantitative estimate of drug-likeness (QED) is 0.647. The number of ether oxygens (including phenoxy) is 1. The van der Waals surface area contributed by atoms with Gasteiger partial charge in [0.25, 0.3) is 0 Å². The Morgan fingerprint density at radius 3 is 2.72 bits per heavy atom. The van der Waals surface area contributed by atoms with Crippen LogP contribution in [0.1, 0.15) is 44.3 Å². The zero-order valence-corrected chi connectivity index (χ0v) is 16.1. The van der Waals surface area contributed by atoms with E-state index >= 15 is 0 Å². The number of nitrogens with one attached hydrogen (secondary N) is 2. The molecular formula is C18H30N4O3. The molecule has 1 aliphatic heterocycles. The number of hydrogen-bond donors (Lipinski definition) is 2. The second-order valence-electron chi connectivity index (χ2n) is 7.42. The van der Waals surface area contributed by atoms with E-state index in [0.717, 1.165) is 36.0 Å². The van der Waals surface area contributed by atoms with Crippen LogP contribution in [0.5, 0.6) is 0 Å². The first-order valence-electron chi connectivity index (χ1n) is 8.69. The molecule has 1 atom stereocenters. The molecule has 0 saturated carbocycles. The molecule has 1 aromatic heterocycles. The van der Waals surface area contributed by atoms with Crippen molar-refractivity contribution in [2.45, 2.75) is 59.2 Å². The molecule has 1 amide bonds. The third kappa shape index (κ3) is 5.69. The third-order valence-electron chi connectivity index (χ3n) is 4.00. The molecule has 1 aliphatic rings. The van der Waals surface area contributed by atoms with Crippen molar-refractivity contribution in [3.05, 3.63) is 23.2 Å². The Labute approximate surface area is 149 Å². The van der Waals surface area contributed by atoms with Gasteiger partial charge in [-0.15, -0.1) is 0 Å². The number of aliphatic imine (C=N–C) groups is 1. The first-order valence-corrected chi connectivity index (χ1v) is 8.69. The highest BCUT2D eigenvalue weighted by atomic mass is 16.6. The van der Waals surface area contributed by atoms with E-state index in [-0.39, 0.29) is 12.1 Å². The number of carbonyl (C=O) groups is 1. The van der Waals surface area contributed by atoms with Gasteiger partial charge in [0.05, 0.1) is 6.04 Å². The Morgan fingerprint density at radius 2 is 2.16 bits per heavy atom. The molecule has 1 fully saturated rings. The smallest absolute Gasteiger partial charge is 0.407 e. The molecule has 2 rings (SSSR count). The number of nitrogens with zero attached hydrogens (tertiary/aromatic N) is 2. The van der Waals surface area contributed by atoms with Crippen molar-refractivity contribution in [3.63, 3.8) is 0 Å². The van der Waals surface area contributed by atoms with Crippen molar-refractivity contribution >= 4 is 12.1 Å². The second-order valence-corrected chi connectivity index (χ2v) is 7.42. The minimum atomic E-state index is -0.486. The summed E-state index contributed by atoms with van der Waals surface area (Å²) >= 11 is 0. The number of amides is 1. The van der Waals surface area contributed by atoms with E-state index in [1.807, 2.05) is 40.7 Å². The lowest BCUT2D eigenvalue weighted by molar-refractivity contribution is 0.0507. The van der Waals surface area contributed by atoms with E-state index in [9.17, 15) is 4.79 Å². The maximum Gasteiger partial charge on any atom is 0.407 e. The van der Waals surface area contributed by atoms with Gasteiger partial charge in [0.15, 0.2) is 5.96 Å². The molecule has 0 aliphatic carbocycles. The van der Waals surface area contributed by atoms with Crippen LogP contribution in [-0.4, -0.2) is 48.7 Å². The molecule has 0 unspecified atom stereocenters. The number of hydrogen-bond acceptors (Lipinski definition) is 4. The van der Waals surface area contributed by atoms with Gasteiger partial charge in [0.1, 0.15) is 17.1 Å². The van der Waals surface area contributed by atoms with Crippen LogP contribution in [0.15, 0.2) is 15.5 Å². The number of carbonyl (C=O) groups excluding carboxylic acids is 1. The first kappa shape index (κ1) is 19.1. The summed E-state index contributed by atoms with van der Waals surface area (Å²) in [5.41, 5.74) is 0.641. The predicted octanol–water partition coefficient (Wildman–Crippen LogP) is 2.57. The van der Waals surface area contributed by atoms with Crippen LogP contribution in [0, 0.1) is 13.8 Å². The van der Waals surface area contributed by atoms with E-state index in [0.29, 0.717) is 13.1 Å². The molecule has 0 bridgehead atoms. The summed E-state index contributed by atoms with van der Waals surface area (Å²) in [6.07, 6.45) is 0.496. The molecule has 0 radical (unpaired) electrons. The van der Waals surface area contributed by atoms with Gasteiger partial charge >= 0.3 is 6.09 Å². The summed E-state index contributed by atoms with van der Waals surface area (Å²) in [5.74, 6) is 2.66. The van der Waals surface area contributed by atoms with Crippen molar-refractivity contribution in [1.82, 2.24) is 15.5 Å². The number of aryl methyl sites for hydroxylation is 2. The van der Waals surface area contributed by atoms with E-state index < -0.39 is 5.60 Å². The largest absolute Gasteiger partial charge is 0.466 e. The highest BCUT2D eigenvalue weighted by Crippen LogP contribution is 2.15. The highest BCUT2D eigenvalue weighted by molar-refractivity contribution is 5.80. The molecule has 25 heavy (non-hydrogen) atoms. The number of guanidine groups is 1. The van der Waals surface area contributed by atoms with E-state index in [2.05, 4.69) is 20.5 Å². The van der Waals surface area contributed by atoms with Gasteiger partial charge in [-0.2, -0.15) is 0 Å². The highest BCUT2D eigenvalue weighted by Gasteiger charge is 2.27. The Hall–Kier alpha value is -2.18. The van der Waals surface area contributed by atoms with Gasteiger partial charge in [0, 0.05) is 32.2 Å². The van der Waals surface area contributed by atoms with Crippen LogP contribution < -0.4 is 10.6 Å². The lowest BCUT2D eigenvalue weighted by atomic mass is 10.2. The third-order valence-corrected chi connectivity index (χ3v) is 4.00. The number of alkyl carbamates (subject to hydrolysis) is 1. The molecule has 140 valence electrons. The number of likely N-dealkylation sites (tertiary alicyclic amines) is 1. The maximum atomic E-state index is 11.9. The topological polar surface area (TPSA) is 79.1 Å². The fourth-order valence-corrected chi connectivity index (χ4v) is 2.91. The molecule has 0 spiro atoms. The Bertz CT molecular complexity index is 631. The molecule has 7 nitrogen and oxygen atoms in total. The van der Waals surface area contributed by atoms with Crippen molar-refractivity contribution in [3.8, 4) is 0 Å². The van der Waals surface area contributed by atoms with Crippen LogP contribution in [0.4, 0.5) is 4.79 Å². The number of furan rings is 1. The molecule has 2 heterocycles. The van der Waals surface area contributed by atoms with Gasteiger partial charge < -0.3 is 24.7 Å². The summed E-state index contributed by atoms with van der Waals surface area (Å²) in [4.78, 5) is 18.4. The van der Waals surface area contributed by atoms with Crippen LogP contribution in [0.3, 0.4) is 0 Å². The zero-order valence-electron chi connectivity index (χ0n) is 16.1. The fourth-order valence-electron chi connectivity index (χ4n) is 2.91. The fraction of sp³-hybridized carbons (Fsp3) is 0.667. The minimum absolute atomic E-state index is 0.0614. The van der Waals surface area contributed by atoms with Crippen LogP contribution >= 0.6 is 0 Å². The molecule has 7 heteroatoms. The van der Waals surface area contributed by atoms with Crippen molar-refractivity contribution in [2.75, 3.05) is 20.1 Å². The summed E-state index contributed by atoms with van der Waals surface area (Å²) in [6.45, 7) is 11.7. The van der Waals surface area contributed by atoms with Crippen LogP contribution in [0.25, 0.3) is 0 Å². The van der Waals surface area contributed by atoms with E-state index in [1.165, 1.54) is 0 Å². The second kappa shape index (κ2) is 7.80. The molecule has 0 aromatic carbocycles. The maximum absolute atomic E-state index is 11.9. The monoisotopic (exact) mass is 350 g/mol. The Morgan fingerprint density at radius 1 is 1.44 bits per heavy atom. The predicted molar refractivity (Wildman–Crippen MR) is 97.7 cm³/mol. The van der Waals surface area contributed by atoms with E-state index in [1.54, 1.807) is 7.05 Å². The summed E-state index contributed by atoms with van der Waals surface area (Å²) < 4.78 is 10.9. The average Bonchev–Trinajstić information content (AvgIpc) is 3.04. The van der Waals surface area contributed by atoms with Crippen LogP contribution in [-0.2, 0) is 11.3 Å². The summed E-state index contributed by atoms with van der Waals surface area (Å²) in [7, 11) is 1.77. The lowest BCUT2D eigenvalue weighted by Gasteiger charge is -2.23. The van der Waals surface area contributed by atoms with E-state index in [4.69, 9.17) is 9.15 Å². The summed E-state index contributed by atoms with van der Waals surface area (Å²) in [5, 5.41) is 6.30. The molecule has 1 saturated heterocycles. The number of rotatable bonds is 3. The molecular weight excluding hydrogens is 320 g/mol. The SMILES string of the molecule is CN=C(NCc1cc(C)oc1C)N1CC[C@@H](NC(=O)OC(C)(C)C)C1. The standard InChI is InChI=1S/C18H30N4O3/c1-12-9-14(13(2)24-12)10-20-16(19-6)22-8-7-15(11-22)21-17(23)25-18(3,4)5/h9,15H,7-8,10-11H2,1-6H3,(H,19,20)(H,21,23)/t15-/m1/s1. The van der Waals surface area contributed by atoms with Gasteiger partial charge in [-0.25, -0.2) is 4.79 Å². The molecule has 2 N–H and O–H groups in total. The van der Waals surface area contributed by atoms with Gasteiger partial charge in [0.2, 0.25) is 0 Å². The normalized spacial score (nSPS) is 18.4. The van der Waals surface area contributed by atoms with Gasteiger partial charge in [-0.3, -0.25) is 4.99 Å². The van der Waals surface area contributed by atoms with Crippen molar-refractivity contribution < 1.29 is 13.9 Å². The summed E-state index contributed by atoms with van der Waals surface area (Å²) in [6, 6.07) is 2.10. The Kier molecular flexibility index (Phi) is 5.98. The Balaban J connectivity index is 1.84. The van der Waals surface area contributed by atoms with Gasteiger partial charge in [-0.05, 0) is 47.1 Å². The van der Waals surface area contributed by atoms with Crippen molar-refractivity contribution in [2.24, 2.45) is 4.99 Å². The van der Waals surface area contributed by atoms with Gasteiger partial charge in [-0.1, -0.05) is 0 Å². The van der Waals surface area contributed by atoms with Crippen molar-refractivity contribution in [1.29, 1.82) is 0 Å². The van der Waals surface area contributed by atoms with Crippen LogP contribution in [0.2, 0.25) is 0 Å². The molecule has 1 aromatic rings. The average molecular weight is 350 g/mol. The minimum Gasteiger partial charge on any atom is -0.466 e. The first-order chi connectivity index (χ1) is 11.7.